The average Bonchev–Trinajstić information content (AvgIpc) is 0.885. The van der Waals surface area contributed by atoms with Crippen LogP contribution in [0.1, 0.15) is 74.9 Å². The molecule has 0 spiro atoms. The van der Waals surface area contributed by atoms with Crippen molar-refractivity contribution in [3.63, 3.8) is 0 Å². The number of hydrogen-bond acceptors (Lipinski definition) is 25. The molecule has 17 N–H and O–H groups in total. The maximum Gasteiger partial charge on any atom is 0.247 e. The van der Waals surface area contributed by atoms with E-state index in [0.29, 0.717) is 72.1 Å². The minimum absolute atomic E-state index is 0.0210. The second-order valence-electron chi connectivity index (χ2n) is 28.8. The molecule has 10 rings (SSSR count). The molecule has 0 aliphatic carbocycles. The van der Waals surface area contributed by atoms with Crippen molar-refractivity contribution in [1.82, 2.24) is 24.9 Å². The number of ether oxygens (including phenoxy) is 3. The number of anilines is 5. The molecular formula is C96H122N10O20. The Morgan fingerprint density at radius 2 is 0.484 bits per heavy atom. The van der Waals surface area contributed by atoms with Gasteiger partial charge in [0, 0.05) is 156 Å². The average molecular weight is 1740 g/mol. The largest absolute Gasteiger partial charge is 0.395 e. The van der Waals surface area contributed by atoms with Crippen LogP contribution in [0.4, 0.5) is 28.4 Å². The lowest BCUT2D eigenvalue weighted by atomic mass is 10.1. The second kappa shape index (κ2) is 60.5. The normalized spacial score (nSPS) is 12.2. The summed E-state index contributed by atoms with van der Waals surface area (Å²) in [6, 6.07) is 56.2. The zero-order valence-electron chi connectivity index (χ0n) is 71.3. The summed E-state index contributed by atoms with van der Waals surface area (Å²) in [4.78, 5) is 78.5. The first-order chi connectivity index (χ1) is 61.1. The molecule has 5 aromatic heterocycles. The van der Waals surface area contributed by atoms with Gasteiger partial charge in [-0.05, 0) is 166 Å². The number of aromatic amines is 5. The quantitative estimate of drug-likeness (QED) is 0.0178. The molecule has 30 heteroatoms. The van der Waals surface area contributed by atoms with Gasteiger partial charge in [-0.25, -0.2) is 0 Å². The van der Waals surface area contributed by atoms with Crippen LogP contribution in [0.2, 0.25) is 0 Å². The van der Waals surface area contributed by atoms with Crippen molar-refractivity contribution in [2.45, 2.75) is 43.7 Å². The number of likely N-dealkylation sites (N-methyl/N-ethyl adjacent to an activating group) is 2. The molecule has 30 nitrogen and oxygen atoms in total. The fourth-order valence-electron chi connectivity index (χ4n) is 11.7. The number of nitrogens with one attached hydrogen (secondary N) is 5. The summed E-state index contributed by atoms with van der Waals surface area (Å²) >= 11 is 0. The van der Waals surface area contributed by atoms with Gasteiger partial charge in [-0.3, -0.25) is 24.0 Å². The standard InChI is InChI=1S/C24H34N2O6.C20H26N2O5.C19H24N2O4.C17H20N2O3.C16H18N2O2/c27-16-22(29)3-1-2-12-26(13-14-32-18-23(30)17-28)21-9-6-19(7-10-21)4-5-20-8-11-24(31)25-15-20;23-11-9-22(10-12-27-15-19(25)14-24)18-6-3-16(4-7-18)1-2-17-5-8-20(26)21-13-17;1-21(10-11-25-14-18(23)13-22)17-7-4-15(5-8-17)2-3-16-6-9-19(24)20-12-16;20-11-9-19(10-12-21)16-6-3-14(4-7-16)1-2-15-5-8-17(22)18-13-15;1-18(10-11-19)15-7-4-13(5-8-15)2-3-14-6-9-16(20)17-12-14/h4-11,15,22-23,27-30H,1-3,12-14,16-18H2,(H,25,31);1-8,13,19,23-25H,9-12,14-15H2,(H,21,26);2-9,12,18,22-23H,10-11,13-14H2,1H3,(H,20,24);1-8,13,20-21H,9-12H2,(H,18,22);2-9,12,19H,10-11H2,1H3,(H,17,20)/b5-4+;2-1+;3-2+;2-1+;3-2+. The molecule has 5 aromatic carbocycles. The molecule has 0 saturated carbocycles. The summed E-state index contributed by atoms with van der Waals surface area (Å²) in [5, 5.41) is 109. The number of aromatic nitrogens is 5. The van der Waals surface area contributed by atoms with Crippen LogP contribution in [0, 0.1) is 0 Å². The lowest BCUT2D eigenvalue weighted by molar-refractivity contribution is 0.00832. The van der Waals surface area contributed by atoms with E-state index in [9.17, 15) is 49.5 Å². The number of rotatable bonds is 47. The number of H-pyrrole nitrogens is 5. The molecule has 0 aliphatic heterocycles. The van der Waals surface area contributed by atoms with Crippen molar-refractivity contribution >= 4 is 89.2 Å². The molecule has 0 aliphatic rings. The van der Waals surface area contributed by atoms with Gasteiger partial charge in [0.15, 0.2) is 0 Å². The summed E-state index contributed by atoms with van der Waals surface area (Å²) in [7, 11) is 3.92. The Hall–Kier alpha value is -12.1. The van der Waals surface area contributed by atoms with E-state index in [1.165, 1.54) is 30.3 Å². The summed E-state index contributed by atoms with van der Waals surface area (Å²) in [5.74, 6) is 0. The molecule has 0 saturated heterocycles. The maximum absolute atomic E-state index is 11.1. The molecule has 126 heavy (non-hydrogen) atoms. The first kappa shape index (κ1) is 103. The van der Waals surface area contributed by atoms with Crippen LogP contribution in [0.5, 0.6) is 0 Å². The summed E-state index contributed by atoms with van der Waals surface area (Å²) in [5.41, 5.74) is 14.3. The molecule has 0 fully saturated rings. The van der Waals surface area contributed by atoms with Gasteiger partial charge in [0.1, 0.15) is 18.3 Å². The zero-order valence-corrected chi connectivity index (χ0v) is 71.3. The highest BCUT2D eigenvalue weighted by Crippen LogP contribution is 2.23. The van der Waals surface area contributed by atoms with E-state index in [4.69, 9.17) is 50.0 Å². The molecule has 4 atom stereocenters. The van der Waals surface area contributed by atoms with E-state index in [1.54, 1.807) is 61.3 Å². The van der Waals surface area contributed by atoms with Gasteiger partial charge in [0.25, 0.3) is 0 Å². The van der Waals surface area contributed by atoms with E-state index in [0.717, 1.165) is 103 Å². The minimum Gasteiger partial charge on any atom is -0.395 e. The summed E-state index contributed by atoms with van der Waals surface area (Å²) < 4.78 is 16.1. The summed E-state index contributed by atoms with van der Waals surface area (Å²) in [6.45, 7) is 5.36. The molecule has 676 valence electrons. The Labute approximate surface area is 733 Å². The molecule has 5 heterocycles. The van der Waals surface area contributed by atoms with Crippen LogP contribution in [0.15, 0.2) is 237 Å². The second-order valence-corrected chi connectivity index (χ2v) is 28.8. The first-order valence-electron chi connectivity index (χ1n) is 41.5. The topological polar surface area (TPSA) is 451 Å². The fraction of sp³-hybridized carbons (Fsp3) is 0.323. The first-order valence-corrected chi connectivity index (χ1v) is 41.5. The Morgan fingerprint density at radius 3 is 0.730 bits per heavy atom. The van der Waals surface area contributed by atoms with Gasteiger partial charge in [0.2, 0.25) is 27.8 Å². The summed E-state index contributed by atoms with van der Waals surface area (Å²) in [6.07, 6.45) is 26.8. The number of aliphatic hydroxyl groups is 12. The number of nitrogens with zero attached hydrogens (tertiary/aromatic N) is 5. The SMILES string of the molecule is CN(CCO)c1ccc(/C=C/c2ccc(=O)[nH]c2)cc1.CN(CCOCC(O)CO)c1ccc(/C=C/c2ccc(=O)[nH]c2)cc1.O=c1ccc(/C=C/c2ccc(N(CCCCC(O)CO)CCOCC(O)CO)cc2)c[nH]1.O=c1ccc(/C=C/c2ccc(N(CCO)CCO)cc2)c[nH]1.O=c1ccc(/C=C/c2ccc(N(CCO)CCOCC(O)CO)cc2)c[nH]1. The number of aliphatic hydroxyl groups excluding tert-OH is 12. The Morgan fingerprint density at radius 1 is 0.262 bits per heavy atom. The number of unbranched alkanes of at least 4 members (excludes halogenated alkanes) is 1. The Balaban J connectivity index is 0.000000245. The van der Waals surface area contributed by atoms with Crippen LogP contribution < -0.4 is 52.3 Å². The molecular weight excluding hydrogens is 1610 g/mol. The highest BCUT2D eigenvalue weighted by molar-refractivity contribution is 5.74. The number of benzene rings is 5. The fourth-order valence-corrected chi connectivity index (χ4v) is 11.7. The van der Waals surface area contributed by atoms with Gasteiger partial charge < -0.3 is 125 Å². The third-order valence-electron chi connectivity index (χ3n) is 18.9. The van der Waals surface area contributed by atoms with E-state index in [1.807, 2.05) is 211 Å². The van der Waals surface area contributed by atoms with Crippen LogP contribution in [-0.2, 0) is 14.2 Å². The van der Waals surface area contributed by atoms with Crippen LogP contribution in [-0.4, -0.2) is 270 Å². The molecule has 4 unspecified atom stereocenters. The van der Waals surface area contributed by atoms with Crippen molar-refractivity contribution < 1.29 is 75.5 Å². The van der Waals surface area contributed by atoms with Crippen LogP contribution in [0.25, 0.3) is 60.8 Å². The number of pyridine rings is 5. The Kier molecular flexibility index (Phi) is 49.3. The van der Waals surface area contributed by atoms with Gasteiger partial charge in [-0.2, -0.15) is 0 Å². The van der Waals surface area contributed by atoms with Gasteiger partial charge in [-0.1, -0.05) is 121 Å². The minimum atomic E-state index is -0.878. The number of hydrogen-bond donors (Lipinski definition) is 17. The van der Waals surface area contributed by atoms with Gasteiger partial charge in [0.05, 0.1) is 98.6 Å². The van der Waals surface area contributed by atoms with Gasteiger partial charge in [-0.15, -0.1) is 0 Å². The molecule has 10 aromatic rings. The zero-order chi connectivity index (χ0) is 90.9. The van der Waals surface area contributed by atoms with Crippen LogP contribution >= 0.6 is 0 Å². The van der Waals surface area contributed by atoms with E-state index in [2.05, 4.69) is 34.7 Å². The van der Waals surface area contributed by atoms with Crippen molar-refractivity contribution in [3.05, 3.63) is 320 Å². The third kappa shape index (κ3) is 42.1. The lowest BCUT2D eigenvalue weighted by Gasteiger charge is -2.25. The molecule has 0 radical (unpaired) electrons. The Bertz CT molecular complexity index is 4970. The van der Waals surface area contributed by atoms with Gasteiger partial charge >= 0.3 is 0 Å². The predicted octanol–water partition coefficient (Wildman–Crippen LogP) is 6.62. The van der Waals surface area contributed by atoms with E-state index < -0.39 is 24.4 Å². The third-order valence-corrected chi connectivity index (χ3v) is 18.9. The highest BCUT2D eigenvalue weighted by Gasteiger charge is 2.13. The van der Waals surface area contributed by atoms with Crippen molar-refractivity contribution in [2.75, 3.05) is 183 Å². The molecule has 0 amide bonds. The van der Waals surface area contributed by atoms with Crippen molar-refractivity contribution in [3.8, 4) is 0 Å². The maximum atomic E-state index is 11.1. The molecule has 0 bridgehead atoms. The van der Waals surface area contributed by atoms with Crippen LogP contribution in [0.3, 0.4) is 0 Å². The monoisotopic (exact) mass is 1730 g/mol. The van der Waals surface area contributed by atoms with Crippen molar-refractivity contribution in [2.24, 2.45) is 0 Å². The lowest BCUT2D eigenvalue weighted by Crippen LogP contribution is -2.31. The smallest absolute Gasteiger partial charge is 0.247 e. The predicted molar refractivity (Wildman–Crippen MR) is 502 cm³/mol. The highest BCUT2D eigenvalue weighted by atomic mass is 16.5. The van der Waals surface area contributed by atoms with E-state index >= 15 is 0 Å². The van der Waals surface area contributed by atoms with Crippen molar-refractivity contribution in [1.29, 1.82) is 0 Å². The van der Waals surface area contributed by atoms with E-state index in [-0.39, 0.29) is 100 Å².